The number of thiophene rings is 1. The second kappa shape index (κ2) is 5.70. The normalized spacial score (nSPS) is 13.9. The molecule has 1 aliphatic carbocycles. The number of benzene rings is 1. The summed E-state index contributed by atoms with van der Waals surface area (Å²) in [6.45, 7) is 0. The standard InChI is InChI=1S/C20H17N3OS/c24-20-15-8-4-5-9-17(15)22-19-16(11-21-23(19)20)18-10-14(12-25-18)13-6-2-1-3-7-13/h1-3,6-7,10-12,24H,4-5,8-9H2. The molecule has 25 heavy (non-hydrogen) atoms. The molecule has 0 amide bonds. The predicted octanol–water partition coefficient (Wildman–Crippen LogP) is 4.71. The summed E-state index contributed by atoms with van der Waals surface area (Å²) < 4.78 is 1.58. The van der Waals surface area contributed by atoms with Crippen molar-refractivity contribution in [2.24, 2.45) is 0 Å². The molecular weight excluding hydrogens is 330 g/mol. The lowest BCUT2D eigenvalue weighted by atomic mass is 9.97. The van der Waals surface area contributed by atoms with E-state index in [0.717, 1.165) is 53.0 Å². The van der Waals surface area contributed by atoms with Gasteiger partial charge in [-0.3, -0.25) is 0 Å². The Morgan fingerprint density at radius 3 is 2.76 bits per heavy atom. The monoisotopic (exact) mass is 347 g/mol. The summed E-state index contributed by atoms with van der Waals surface area (Å²) in [7, 11) is 0. The molecule has 0 spiro atoms. The minimum Gasteiger partial charge on any atom is -0.493 e. The van der Waals surface area contributed by atoms with Crippen LogP contribution >= 0.6 is 11.3 Å². The third kappa shape index (κ3) is 2.35. The van der Waals surface area contributed by atoms with Crippen molar-refractivity contribution in [3.05, 3.63) is 59.2 Å². The van der Waals surface area contributed by atoms with E-state index >= 15 is 0 Å². The molecule has 5 rings (SSSR count). The molecule has 0 saturated carbocycles. The smallest absolute Gasteiger partial charge is 0.219 e. The van der Waals surface area contributed by atoms with Crippen LogP contribution in [-0.2, 0) is 12.8 Å². The first-order chi connectivity index (χ1) is 12.3. The van der Waals surface area contributed by atoms with Gasteiger partial charge in [0.15, 0.2) is 5.65 Å². The summed E-state index contributed by atoms with van der Waals surface area (Å²) in [4.78, 5) is 5.96. The average molecular weight is 347 g/mol. The van der Waals surface area contributed by atoms with Crippen LogP contribution in [-0.4, -0.2) is 19.7 Å². The van der Waals surface area contributed by atoms with E-state index in [-0.39, 0.29) is 5.88 Å². The number of rotatable bonds is 2. The molecule has 5 heteroatoms. The maximum Gasteiger partial charge on any atom is 0.219 e. The molecule has 1 N–H and O–H groups in total. The van der Waals surface area contributed by atoms with Crippen LogP contribution in [0.1, 0.15) is 24.1 Å². The Labute approximate surface area is 149 Å². The highest BCUT2D eigenvalue weighted by atomic mass is 32.1. The van der Waals surface area contributed by atoms with Gasteiger partial charge < -0.3 is 5.11 Å². The third-order valence-electron chi connectivity index (χ3n) is 4.87. The lowest BCUT2D eigenvalue weighted by Gasteiger charge is -2.16. The minimum absolute atomic E-state index is 0.255. The van der Waals surface area contributed by atoms with E-state index in [1.165, 1.54) is 11.1 Å². The largest absolute Gasteiger partial charge is 0.493 e. The molecule has 0 fully saturated rings. The number of nitrogens with zero attached hydrogens (tertiary/aromatic N) is 3. The van der Waals surface area contributed by atoms with Crippen molar-refractivity contribution >= 4 is 17.0 Å². The molecule has 4 nitrogen and oxygen atoms in total. The van der Waals surface area contributed by atoms with E-state index in [4.69, 9.17) is 4.98 Å². The van der Waals surface area contributed by atoms with Gasteiger partial charge in [0.25, 0.3) is 0 Å². The van der Waals surface area contributed by atoms with Crippen LogP contribution in [0.25, 0.3) is 27.2 Å². The maximum atomic E-state index is 10.6. The van der Waals surface area contributed by atoms with Crippen LogP contribution in [0.3, 0.4) is 0 Å². The number of fused-ring (bicyclic) bond motifs is 2. The lowest BCUT2D eigenvalue weighted by molar-refractivity contribution is 0.421. The first kappa shape index (κ1) is 14.7. The molecular formula is C20H17N3OS. The van der Waals surface area contributed by atoms with Crippen LogP contribution in [0, 0.1) is 0 Å². The van der Waals surface area contributed by atoms with Gasteiger partial charge in [-0.1, -0.05) is 30.3 Å². The Hall–Kier alpha value is -2.66. The zero-order valence-electron chi connectivity index (χ0n) is 13.6. The van der Waals surface area contributed by atoms with Gasteiger partial charge in [0.05, 0.1) is 17.5 Å². The van der Waals surface area contributed by atoms with Crippen LogP contribution in [0.15, 0.2) is 48.0 Å². The number of aromatic nitrogens is 3. The Balaban J connectivity index is 1.64. The van der Waals surface area contributed by atoms with Crippen molar-refractivity contribution in [3.63, 3.8) is 0 Å². The fourth-order valence-corrected chi connectivity index (χ4v) is 4.47. The molecule has 0 saturated heterocycles. The van der Waals surface area contributed by atoms with Crippen molar-refractivity contribution in [3.8, 4) is 27.4 Å². The molecule has 0 unspecified atom stereocenters. The highest BCUT2D eigenvalue weighted by molar-refractivity contribution is 7.14. The highest BCUT2D eigenvalue weighted by Gasteiger charge is 2.21. The topological polar surface area (TPSA) is 50.4 Å². The molecule has 3 heterocycles. The Morgan fingerprint density at radius 1 is 1.04 bits per heavy atom. The third-order valence-corrected chi connectivity index (χ3v) is 5.83. The summed E-state index contributed by atoms with van der Waals surface area (Å²) in [5.41, 5.74) is 6.12. The van der Waals surface area contributed by atoms with E-state index in [1.54, 1.807) is 15.9 Å². The van der Waals surface area contributed by atoms with E-state index in [0.29, 0.717) is 0 Å². The van der Waals surface area contributed by atoms with Gasteiger partial charge in [0.2, 0.25) is 5.88 Å². The molecule has 124 valence electrons. The zero-order chi connectivity index (χ0) is 16.8. The number of hydrogen-bond donors (Lipinski definition) is 1. The first-order valence-corrected chi connectivity index (χ1v) is 9.42. The van der Waals surface area contributed by atoms with Crippen molar-refractivity contribution in [2.45, 2.75) is 25.7 Å². The zero-order valence-corrected chi connectivity index (χ0v) is 14.5. The van der Waals surface area contributed by atoms with Crippen LogP contribution in [0.2, 0.25) is 0 Å². The number of hydrogen-bond acceptors (Lipinski definition) is 4. The summed E-state index contributed by atoms with van der Waals surface area (Å²) >= 11 is 1.69. The van der Waals surface area contributed by atoms with E-state index in [9.17, 15) is 5.11 Å². The fourth-order valence-electron chi connectivity index (χ4n) is 3.55. The molecule has 0 radical (unpaired) electrons. The highest BCUT2D eigenvalue weighted by Crippen LogP contribution is 2.36. The number of aromatic hydroxyl groups is 1. The summed E-state index contributed by atoms with van der Waals surface area (Å²) in [6, 6.07) is 12.5. The Kier molecular flexibility index (Phi) is 3.35. The molecule has 0 bridgehead atoms. The lowest BCUT2D eigenvalue weighted by Crippen LogP contribution is -2.09. The first-order valence-electron chi connectivity index (χ1n) is 8.54. The second-order valence-electron chi connectivity index (χ2n) is 6.43. The Bertz CT molecular complexity index is 1070. The van der Waals surface area contributed by atoms with Crippen LogP contribution < -0.4 is 0 Å². The summed E-state index contributed by atoms with van der Waals surface area (Å²) in [5.74, 6) is 0.255. The van der Waals surface area contributed by atoms with Gasteiger partial charge in [-0.15, -0.1) is 11.3 Å². The van der Waals surface area contributed by atoms with Gasteiger partial charge >= 0.3 is 0 Å². The van der Waals surface area contributed by atoms with Crippen molar-refractivity contribution in [1.82, 2.24) is 14.6 Å². The Morgan fingerprint density at radius 2 is 1.88 bits per heavy atom. The van der Waals surface area contributed by atoms with Gasteiger partial charge in [-0.25, -0.2) is 4.98 Å². The average Bonchev–Trinajstić information content (AvgIpc) is 3.30. The van der Waals surface area contributed by atoms with Gasteiger partial charge in [0.1, 0.15) is 0 Å². The molecule has 4 aromatic rings. The van der Waals surface area contributed by atoms with E-state index in [2.05, 4.69) is 28.7 Å². The second-order valence-corrected chi connectivity index (χ2v) is 7.34. The van der Waals surface area contributed by atoms with Crippen LogP contribution in [0.5, 0.6) is 5.88 Å². The van der Waals surface area contributed by atoms with E-state index in [1.807, 2.05) is 24.4 Å². The maximum absolute atomic E-state index is 10.6. The molecule has 3 aromatic heterocycles. The summed E-state index contributed by atoms with van der Waals surface area (Å²) in [6.07, 6.45) is 5.87. The van der Waals surface area contributed by atoms with Crippen molar-refractivity contribution < 1.29 is 5.11 Å². The fraction of sp³-hybridized carbons (Fsp3) is 0.200. The van der Waals surface area contributed by atoms with Crippen molar-refractivity contribution in [2.75, 3.05) is 0 Å². The molecule has 1 aromatic carbocycles. The SMILES string of the molecule is Oc1c2c(nc3c(-c4cc(-c5ccccc5)cs4)cnn13)CCCC2. The van der Waals surface area contributed by atoms with Gasteiger partial charge in [-0.05, 0) is 48.3 Å². The van der Waals surface area contributed by atoms with E-state index < -0.39 is 0 Å². The summed E-state index contributed by atoms with van der Waals surface area (Å²) in [5, 5.41) is 17.2. The molecule has 0 atom stereocenters. The number of aryl methyl sites for hydroxylation is 1. The predicted molar refractivity (Wildman–Crippen MR) is 100 cm³/mol. The van der Waals surface area contributed by atoms with Gasteiger partial charge in [-0.2, -0.15) is 9.61 Å². The van der Waals surface area contributed by atoms with Gasteiger partial charge in [0, 0.05) is 10.4 Å². The van der Waals surface area contributed by atoms with Crippen molar-refractivity contribution in [1.29, 1.82) is 0 Å². The molecule has 1 aliphatic rings. The quantitative estimate of drug-likeness (QED) is 0.571. The van der Waals surface area contributed by atoms with Crippen LogP contribution in [0.4, 0.5) is 0 Å². The minimum atomic E-state index is 0.255. The molecule has 0 aliphatic heterocycles.